The number of rotatable bonds is 5. The van der Waals surface area contributed by atoms with Crippen LogP contribution >= 0.6 is 11.3 Å². The van der Waals surface area contributed by atoms with Gasteiger partial charge in [0.25, 0.3) is 5.91 Å². The predicted octanol–water partition coefficient (Wildman–Crippen LogP) is 1.13. The lowest BCUT2D eigenvalue weighted by molar-refractivity contribution is -0.140. The van der Waals surface area contributed by atoms with Gasteiger partial charge in [-0.1, -0.05) is 0 Å². The second-order valence-corrected chi connectivity index (χ2v) is 4.25. The van der Waals surface area contributed by atoms with Gasteiger partial charge in [0.1, 0.15) is 5.69 Å². The van der Waals surface area contributed by atoms with Gasteiger partial charge in [-0.25, -0.2) is 4.98 Å². The number of nitrogens with zero attached hydrogens (tertiary/aromatic N) is 1. The molecule has 1 aromatic heterocycles. The normalized spacial score (nSPS) is 9.88. The maximum atomic E-state index is 11.5. The average molecular weight is 242 g/mol. The van der Waals surface area contributed by atoms with Crippen molar-refractivity contribution >= 4 is 23.2 Å². The monoisotopic (exact) mass is 242 g/mol. The van der Waals surface area contributed by atoms with Crippen molar-refractivity contribution in [1.29, 1.82) is 0 Å². The van der Waals surface area contributed by atoms with Gasteiger partial charge in [-0.15, -0.1) is 11.3 Å². The van der Waals surface area contributed by atoms with Crippen LogP contribution in [0.1, 0.15) is 28.3 Å². The molecule has 0 radical (unpaired) electrons. The number of hydrogen-bond acceptors (Lipinski definition) is 5. The van der Waals surface area contributed by atoms with E-state index in [1.54, 1.807) is 5.38 Å². The first-order chi connectivity index (χ1) is 7.63. The Kier molecular flexibility index (Phi) is 4.91. The van der Waals surface area contributed by atoms with Gasteiger partial charge in [0.2, 0.25) is 0 Å². The fourth-order valence-corrected chi connectivity index (χ4v) is 1.69. The number of hydrogen-bond donors (Lipinski definition) is 1. The van der Waals surface area contributed by atoms with Crippen molar-refractivity contribution in [3.63, 3.8) is 0 Å². The number of carbonyl (C=O) groups is 2. The second-order valence-electron chi connectivity index (χ2n) is 3.19. The summed E-state index contributed by atoms with van der Waals surface area (Å²) < 4.78 is 4.48. The third-order valence-corrected chi connectivity index (χ3v) is 2.70. The van der Waals surface area contributed by atoms with Crippen LogP contribution in [0.15, 0.2) is 5.38 Å². The SMILES string of the molecule is COC(=O)CCCNC(=O)c1csc(C)n1. The van der Waals surface area contributed by atoms with E-state index in [1.807, 2.05) is 6.92 Å². The molecule has 0 aliphatic rings. The number of esters is 1. The quantitative estimate of drug-likeness (QED) is 0.621. The zero-order valence-electron chi connectivity index (χ0n) is 9.28. The van der Waals surface area contributed by atoms with Crippen molar-refractivity contribution in [2.45, 2.75) is 19.8 Å². The van der Waals surface area contributed by atoms with Crippen molar-refractivity contribution in [3.05, 3.63) is 16.1 Å². The topological polar surface area (TPSA) is 68.3 Å². The summed E-state index contributed by atoms with van der Waals surface area (Å²) in [5.41, 5.74) is 0.431. The van der Waals surface area contributed by atoms with Crippen LogP contribution in [0.5, 0.6) is 0 Å². The number of nitrogens with one attached hydrogen (secondary N) is 1. The fraction of sp³-hybridized carbons (Fsp3) is 0.500. The largest absolute Gasteiger partial charge is 0.469 e. The molecule has 88 valence electrons. The molecule has 0 aliphatic carbocycles. The summed E-state index contributed by atoms with van der Waals surface area (Å²) in [5.74, 6) is -0.465. The molecule has 0 saturated heterocycles. The Bertz CT molecular complexity index is 376. The Morgan fingerprint density at radius 2 is 2.31 bits per heavy atom. The van der Waals surface area contributed by atoms with Crippen LogP contribution in [0, 0.1) is 6.92 Å². The Hall–Kier alpha value is -1.43. The summed E-state index contributed by atoms with van der Waals surface area (Å²) in [4.78, 5) is 26.3. The van der Waals surface area contributed by atoms with E-state index >= 15 is 0 Å². The van der Waals surface area contributed by atoms with Crippen LogP contribution in [-0.4, -0.2) is 30.5 Å². The number of methoxy groups -OCH3 is 1. The van der Waals surface area contributed by atoms with Crippen LogP contribution in [-0.2, 0) is 9.53 Å². The first kappa shape index (κ1) is 12.6. The molecule has 1 rings (SSSR count). The summed E-state index contributed by atoms with van der Waals surface area (Å²) in [6.45, 7) is 2.29. The number of ether oxygens (including phenoxy) is 1. The molecule has 16 heavy (non-hydrogen) atoms. The van der Waals surface area contributed by atoms with E-state index in [2.05, 4.69) is 15.0 Å². The highest BCUT2D eigenvalue weighted by molar-refractivity contribution is 7.09. The summed E-state index contributed by atoms with van der Waals surface area (Å²) in [6, 6.07) is 0. The van der Waals surface area contributed by atoms with E-state index in [4.69, 9.17) is 0 Å². The molecule has 0 aliphatic heterocycles. The van der Waals surface area contributed by atoms with E-state index in [-0.39, 0.29) is 11.9 Å². The standard InChI is InChI=1S/C10H14N2O3S/c1-7-12-8(6-16-7)10(14)11-5-3-4-9(13)15-2/h6H,3-5H2,1-2H3,(H,11,14). The fourth-order valence-electron chi connectivity index (χ4n) is 1.09. The molecule has 1 N–H and O–H groups in total. The minimum absolute atomic E-state index is 0.200. The lowest BCUT2D eigenvalue weighted by atomic mass is 10.3. The van der Waals surface area contributed by atoms with E-state index in [0.717, 1.165) is 5.01 Å². The summed E-state index contributed by atoms with van der Waals surface area (Å²) in [5, 5.41) is 5.26. The van der Waals surface area contributed by atoms with Gasteiger partial charge < -0.3 is 10.1 Å². The van der Waals surface area contributed by atoms with Crippen LogP contribution in [0.25, 0.3) is 0 Å². The molecule has 0 spiro atoms. The highest BCUT2D eigenvalue weighted by Crippen LogP contribution is 2.07. The van der Waals surface area contributed by atoms with Crippen molar-refractivity contribution < 1.29 is 14.3 Å². The van der Waals surface area contributed by atoms with Crippen LogP contribution in [0.2, 0.25) is 0 Å². The Balaban J connectivity index is 2.23. The molecule has 5 nitrogen and oxygen atoms in total. The smallest absolute Gasteiger partial charge is 0.305 e. The number of thiazole rings is 1. The maximum Gasteiger partial charge on any atom is 0.305 e. The number of amides is 1. The van der Waals surface area contributed by atoms with E-state index < -0.39 is 0 Å². The molecule has 6 heteroatoms. The van der Waals surface area contributed by atoms with Gasteiger partial charge in [0, 0.05) is 18.3 Å². The molecular formula is C10H14N2O3S. The summed E-state index contributed by atoms with van der Waals surface area (Å²) in [6.07, 6.45) is 0.883. The molecule has 0 fully saturated rings. The van der Waals surface area contributed by atoms with E-state index in [0.29, 0.717) is 25.1 Å². The second kappa shape index (κ2) is 6.22. The van der Waals surface area contributed by atoms with E-state index in [1.165, 1.54) is 18.4 Å². The van der Waals surface area contributed by atoms with Crippen LogP contribution in [0.3, 0.4) is 0 Å². The summed E-state index contributed by atoms with van der Waals surface area (Å²) >= 11 is 1.43. The molecule has 1 aromatic rings. The molecular weight excluding hydrogens is 228 g/mol. The molecule has 1 heterocycles. The Morgan fingerprint density at radius 1 is 1.56 bits per heavy atom. The lowest BCUT2D eigenvalue weighted by Crippen LogP contribution is -2.25. The molecule has 0 unspecified atom stereocenters. The lowest BCUT2D eigenvalue weighted by Gasteiger charge is -2.02. The molecule has 0 saturated carbocycles. The first-order valence-electron chi connectivity index (χ1n) is 4.90. The number of carbonyl (C=O) groups excluding carboxylic acids is 2. The van der Waals surface area contributed by atoms with Crippen LogP contribution in [0.4, 0.5) is 0 Å². The minimum atomic E-state index is -0.265. The van der Waals surface area contributed by atoms with Gasteiger partial charge in [0.15, 0.2) is 0 Å². The predicted molar refractivity (Wildman–Crippen MR) is 60.4 cm³/mol. The van der Waals surface area contributed by atoms with Crippen LogP contribution < -0.4 is 5.32 Å². The van der Waals surface area contributed by atoms with Crippen molar-refractivity contribution in [3.8, 4) is 0 Å². The minimum Gasteiger partial charge on any atom is -0.469 e. The molecule has 0 aromatic carbocycles. The van der Waals surface area contributed by atoms with Gasteiger partial charge in [-0.05, 0) is 13.3 Å². The molecule has 1 amide bonds. The van der Waals surface area contributed by atoms with Crippen molar-refractivity contribution in [2.24, 2.45) is 0 Å². The van der Waals surface area contributed by atoms with Crippen molar-refractivity contribution in [2.75, 3.05) is 13.7 Å². The Labute approximate surface area is 97.8 Å². The van der Waals surface area contributed by atoms with E-state index in [9.17, 15) is 9.59 Å². The third-order valence-electron chi connectivity index (χ3n) is 1.92. The summed E-state index contributed by atoms with van der Waals surface area (Å²) in [7, 11) is 1.35. The number of aromatic nitrogens is 1. The zero-order valence-corrected chi connectivity index (χ0v) is 10.1. The zero-order chi connectivity index (χ0) is 12.0. The van der Waals surface area contributed by atoms with Crippen molar-refractivity contribution in [1.82, 2.24) is 10.3 Å². The van der Waals surface area contributed by atoms with Gasteiger partial charge in [-0.2, -0.15) is 0 Å². The maximum absolute atomic E-state index is 11.5. The van der Waals surface area contributed by atoms with Gasteiger partial charge >= 0.3 is 5.97 Å². The molecule has 0 atom stereocenters. The number of aryl methyl sites for hydroxylation is 1. The third kappa shape index (κ3) is 3.98. The van der Waals surface area contributed by atoms with Gasteiger partial charge in [0.05, 0.1) is 12.1 Å². The first-order valence-corrected chi connectivity index (χ1v) is 5.78. The highest BCUT2D eigenvalue weighted by Gasteiger charge is 2.08. The van der Waals surface area contributed by atoms with Gasteiger partial charge in [-0.3, -0.25) is 9.59 Å². The highest BCUT2D eigenvalue weighted by atomic mass is 32.1. The molecule has 0 bridgehead atoms. The Morgan fingerprint density at radius 3 is 2.88 bits per heavy atom. The average Bonchev–Trinajstić information content (AvgIpc) is 2.70.